The molecule has 0 spiro atoms. The van der Waals surface area contributed by atoms with Crippen LogP contribution >= 0.6 is 0 Å². The highest BCUT2D eigenvalue weighted by Gasteiger charge is 2.21. The minimum atomic E-state index is 0.181. The fraction of sp³-hybridized carbons (Fsp3) is 0.250. The first-order valence-corrected chi connectivity index (χ1v) is 6.40. The first-order valence-electron chi connectivity index (χ1n) is 6.40. The van der Waals surface area contributed by atoms with E-state index in [1.165, 1.54) is 11.3 Å². The van der Waals surface area contributed by atoms with E-state index in [-0.39, 0.29) is 6.10 Å². The lowest BCUT2D eigenvalue weighted by Gasteiger charge is -2.34. The molecule has 1 saturated heterocycles. The fourth-order valence-electron chi connectivity index (χ4n) is 2.39. The molecule has 3 rings (SSSR count). The minimum absolute atomic E-state index is 0.181. The molecule has 0 bridgehead atoms. The Labute approximate surface area is 108 Å². The number of ether oxygens (including phenoxy) is 1. The van der Waals surface area contributed by atoms with Crippen LogP contribution in [-0.4, -0.2) is 19.7 Å². The van der Waals surface area contributed by atoms with Crippen LogP contribution in [0.25, 0.3) is 0 Å². The molecule has 2 aromatic carbocycles. The Balaban J connectivity index is 1.77. The lowest BCUT2D eigenvalue weighted by atomic mass is 10.1. The highest BCUT2D eigenvalue weighted by atomic mass is 16.5. The van der Waals surface area contributed by atoms with Gasteiger partial charge in [-0.1, -0.05) is 48.5 Å². The fourth-order valence-corrected chi connectivity index (χ4v) is 2.39. The molecule has 0 aromatic heterocycles. The second-order valence-electron chi connectivity index (χ2n) is 4.55. The number of morpholine rings is 1. The van der Waals surface area contributed by atoms with E-state index in [1.807, 2.05) is 6.07 Å². The van der Waals surface area contributed by atoms with Gasteiger partial charge in [-0.2, -0.15) is 0 Å². The number of nitrogens with zero attached hydrogens (tertiary/aromatic N) is 1. The molecule has 1 fully saturated rings. The Morgan fingerprint density at radius 1 is 0.889 bits per heavy atom. The second kappa shape index (κ2) is 5.23. The van der Waals surface area contributed by atoms with Crippen molar-refractivity contribution in [2.45, 2.75) is 6.10 Å². The van der Waals surface area contributed by atoms with Crippen molar-refractivity contribution in [1.29, 1.82) is 0 Å². The van der Waals surface area contributed by atoms with Gasteiger partial charge in [-0.3, -0.25) is 0 Å². The van der Waals surface area contributed by atoms with Gasteiger partial charge in [0.2, 0.25) is 0 Å². The molecule has 2 nitrogen and oxygen atoms in total. The zero-order valence-corrected chi connectivity index (χ0v) is 10.3. The first kappa shape index (κ1) is 11.3. The van der Waals surface area contributed by atoms with Gasteiger partial charge in [0.25, 0.3) is 0 Å². The van der Waals surface area contributed by atoms with Crippen molar-refractivity contribution in [2.24, 2.45) is 0 Å². The van der Waals surface area contributed by atoms with Crippen LogP contribution in [0.3, 0.4) is 0 Å². The minimum Gasteiger partial charge on any atom is -0.370 e. The van der Waals surface area contributed by atoms with E-state index in [0.29, 0.717) is 0 Å². The molecule has 1 heterocycles. The van der Waals surface area contributed by atoms with E-state index in [9.17, 15) is 0 Å². The normalized spacial score (nSPS) is 19.8. The Hall–Kier alpha value is -1.80. The van der Waals surface area contributed by atoms with Gasteiger partial charge in [0, 0.05) is 18.8 Å². The number of hydrogen-bond donors (Lipinski definition) is 0. The Bertz CT molecular complexity index is 437. The molecule has 92 valence electrons. The highest BCUT2D eigenvalue weighted by Crippen LogP contribution is 2.25. The van der Waals surface area contributed by atoms with Gasteiger partial charge >= 0.3 is 0 Å². The molecule has 0 saturated carbocycles. The third kappa shape index (κ3) is 2.39. The largest absolute Gasteiger partial charge is 0.370 e. The Morgan fingerprint density at radius 3 is 2.28 bits per heavy atom. The van der Waals surface area contributed by atoms with E-state index >= 15 is 0 Å². The van der Waals surface area contributed by atoms with E-state index < -0.39 is 0 Å². The summed E-state index contributed by atoms with van der Waals surface area (Å²) in [6.07, 6.45) is 0.181. The first-order chi connectivity index (χ1) is 8.93. The quantitative estimate of drug-likeness (QED) is 0.797. The van der Waals surface area contributed by atoms with Crippen molar-refractivity contribution in [1.82, 2.24) is 0 Å². The van der Waals surface area contributed by atoms with E-state index in [4.69, 9.17) is 4.74 Å². The van der Waals surface area contributed by atoms with Crippen molar-refractivity contribution < 1.29 is 4.74 Å². The topological polar surface area (TPSA) is 12.5 Å². The van der Waals surface area contributed by atoms with Gasteiger partial charge in [-0.05, 0) is 17.7 Å². The molecule has 0 aliphatic carbocycles. The summed E-state index contributed by atoms with van der Waals surface area (Å²) in [6.45, 7) is 2.68. The summed E-state index contributed by atoms with van der Waals surface area (Å²) in [5.41, 5.74) is 2.54. The summed E-state index contributed by atoms with van der Waals surface area (Å²) < 4.78 is 5.87. The highest BCUT2D eigenvalue weighted by molar-refractivity contribution is 5.46. The van der Waals surface area contributed by atoms with Crippen molar-refractivity contribution in [3.63, 3.8) is 0 Å². The van der Waals surface area contributed by atoms with Crippen molar-refractivity contribution in [2.75, 3.05) is 24.6 Å². The van der Waals surface area contributed by atoms with E-state index in [1.54, 1.807) is 0 Å². The zero-order chi connectivity index (χ0) is 12.2. The number of rotatable bonds is 2. The Morgan fingerprint density at radius 2 is 1.56 bits per heavy atom. The summed E-state index contributed by atoms with van der Waals surface area (Å²) in [5.74, 6) is 0. The number of benzene rings is 2. The summed E-state index contributed by atoms with van der Waals surface area (Å²) in [6, 6.07) is 21.0. The average Bonchev–Trinajstić information content (AvgIpc) is 2.49. The molecular weight excluding hydrogens is 222 g/mol. The van der Waals surface area contributed by atoms with Gasteiger partial charge in [0.05, 0.1) is 6.61 Å². The molecule has 2 aromatic rings. The summed E-state index contributed by atoms with van der Waals surface area (Å²) in [7, 11) is 0. The van der Waals surface area contributed by atoms with Crippen molar-refractivity contribution >= 4 is 5.69 Å². The van der Waals surface area contributed by atoms with Crippen LogP contribution in [0.5, 0.6) is 0 Å². The molecule has 1 aliphatic rings. The molecule has 0 amide bonds. The molecular formula is C16H17NO. The predicted molar refractivity (Wildman–Crippen MR) is 73.8 cm³/mol. The molecule has 0 radical (unpaired) electrons. The second-order valence-corrected chi connectivity index (χ2v) is 4.55. The predicted octanol–water partition coefficient (Wildman–Crippen LogP) is 3.26. The van der Waals surface area contributed by atoms with Crippen LogP contribution in [0.15, 0.2) is 60.7 Å². The molecule has 1 aliphatic heterocycles. The molecule has 0 unspecified atom stereocenters. The van der Waals surface area contributed by atoms with Crippen molar-refractivity contribution in [3.05, 3.63) is 66.2 Å². The van der Waals surface area contributed by atoms with Gasteiger partial charge in [0.1, 0.15) is 6.10 Å². The maximum atomic E-state index is 5.87. The van der Waals surface area contributed by atoms with Crippen LogP contribution < -0.4 is 4.90 Å². The molecule has 18 heavy (non-hydrogen) atoms. The van der Waals surface area contributed by atoms with Gasteiger partial charge in [0.15, 0.2) is 0 Å². The monoisotopic (exact) mass is 239 g/mol. The number of para-hydroxylation sites is 1. The summed E-state index contributed by atoms with van der Waals surface area (Å²) >= 11 is 0. The SMILES string of the molecule is c1ccc([C@H]2CN(c3ccccc3)CCO2)cc1. The lowest BCUT2D eigenvalue weighted by molar-refractivity contribution is 0.0398. The maximum Gasteiger partial charge on any atom is 0.100 e. The molecule has 1 atom stereocenters. The van der Waals surface area contributed by atoms with Crippen LogP contribution in [0.1, 0.15) is 11.7 Å². The Kier molecular flexibility index (Phi) is 3.29. The number of anilines is 1. The third-order valence-corrected chi connectivity index (χ3v) is 3.36. The van der Waals surface area contributed by atoms with Gasteiger partial charge in [-0.25, -0.2) is 0 Å². The van der Waals surface area contributed by atoms with Crippen LogP contribution in [0.2, 0.25) is 0 Å². The lowest BCUT2D eigenvalue weighted by Crippen LogP contribution is -2.38. The average molecular weight is 239 g/mol. The van der Waals surface area contributed by atoms with Gasteiger partial charge < -0.3 is 9.64 Å². The van der Waals surface area contributed by atoms with Crippen LogP contribution in [-0.2, 0) is 4.74 Å². The zero-order valence-electron chi connectivity index (χ0n) is 10.3. The molecule has 2 heteroatoms. The maximum absolute atomic E-state index is 5.87. The van der Waals surface area contributed by atoms with Crippen LogP contribution in [0.4, 0.5) is 5.69 Å². The molecule has 0 N–H and O–H groups in total. The van der Waals surface area contributed by atoms with Crippen LogP contribution in [0, 0.1) is 0 Å². The van der Waals surface area contributed by atoms with E-state index in [2.05, 4.69) is 59.5 Å². The van der Waals surface area contributed by atoms with E-state index in [0.717, 1.165) is 19.7 Å². The standard InChI is InChI=1S/C16H17NO/c1-3-7-14(8-4-1)16-13-17(11-12-18-16)15-9-5-2-6-10-15/h1-10,16H,11-13H2/t16-/m1/s1. The summed E-state index contributed by atoms with van der Waals surface area (Å²) in [4.78, 5) is 2.39. The smallest absolute Gasteiger partial charge is 0.100 e. The third-order valence-electron chi connectivity index (χ3n) is 3.36. The number of hydrogen-bond acceptors (Lipinski definition) is 2. The van der Waals surface area contributed by atoms with Gasteiger partial charge in [-0.15, -0.1) is 0 Å². The summed E-state index contributed by atoms with van der Waals surface area (Å²) in [5, 5.41) is 0. The van der Waals surface area contributed by atoms with Crippen molar-refractivity contribution in [3.8, 4) is 0 Å².